The van der Waals surface area contributed by atoms with Crippen molar-refractivity contribution in [1.82, 2.24) is 10.2 Å². The van der Waals surface area contributed by atoms with Crippen LogP contribution in [0.25, 0.3) is 0 Å². The fraction of sp³-hybridized carbons (Fsp3) is 0.263. The predicted octanol–water partition coefficient (Wildman–Crippen LogP) is 2.36. The Morgan fingerprint density at radius 1 is 1.04 bits per heavy atom. The first kappa shape index (κ1) is 17.5. The maximum Gasteiger partial charge on any atom is 0.239 e. The van der Waals surface area contributed by atoms with Gasteiger partial charge in [-0.05, 0) is 11.6 Å². The van der Waals surface area contributed by atoms with E-state index in [2.05, 4.69) is 5.32 Å². The van der Waals surface area contributed by atoms with Gasteiger partial charge < -0.3 is 15.0 Å². The van der Waals surface area contributed by atoms with Crippen LogP contribution in [-0.4, -0.2) is 30.4 Å². The van der Waals surface area contributed by atoms with Crippen molar-refractivity contribution in [2.24, 2.45) is 0 Å². The second-order valence-electron chi connectivity index (χ2n) is 5.45. The SMILES string of the molecule is COc1ccccc1CN(CC(=O)NCc1ccccc1)C(C)=O. The van der Waals surface area contributed by atoms with Crippen LogP contribution in [0.3, 0.4) is 0 Å². The van der Waals surface area contributed by atoms with E-state index >= 15 is 0 Å². The Morgan fingerprint density at radius 2 is 1.71 bits per heavy atom. The fourth-order valence-corrected chi connectivity index (χ4v) is 2.34. The molecule has 0 aliphatic rings. The van der Waals surface area contributed by atoms with E-state index in [1.54, 1.807) is 7.11 Å². The lowest BCUT2D eigenvalue weighted by atomic mass is 10.2. The van der Waals surface area contributed by atoms with Gasteiger partial charge in [-0.3, -0.25) is 9.59 Å². The number of methoxy groups -OCH3 is 1. The predicted molar refractivity (Wildman–Crippen MR) is 92.4 cm³/mol. The van der Waals surface area contributed by atoms with Crippen molar-refractivity contribution in [3.63, 3.8) is 0 Å². The molecule has 24 heavy (non-hydrogen) atoms. The summed E-state index contributed by atoms with van der Waals surface area (Å²) >= 11 is 0. The molecule has 2 amide bonds. The van der Waals surface area contributed by atoms with Gasteiger partial charge in [0.1, 0.15) is 5.75 Å². The first-order chi connectivity index (χ1) is 11.6. The molecule has 1 N–H and O–H groups in total. The van der Waals surface area contributed by atoms with Crippen LogP contribution in [0.5, 0.6) is 5.75 Å². The number of nitrogens with zero attached hydrogens (tertiary/aromatic N) is 1. The molecule has 5 nitrogen and oxygen atoms in total. The third-order valence-electron chi connectivity index (χ3n) is 3.67. The van der Waals surface area contributed by atoms with Crippen LogP contribution in [0, 0.1) is 0 Å². The molecule has 0 spiro atoms. The lowest BCUT2D eigenvalue weighted by Crippen LogP contribution is -2.39. The van der Waals surface area contributed by atoms with Gasteiger partial charge in [-0.2, -0.15) is 0 Å². The van der Waals surface area contributed by atoms with Crippen molar-refractivity contribution in [2.45, 2.75) is 20.0 Å². The lowest BCUT2D eigenvalue weighted by Gasteiger charge is -2.21. The first-order valence-electron chi connectivity index (χ1n) is 7.78. The minimum Gasteiger partial charge on any atom is -0.496 e. The van der Waals surface area contributed by atoms with E-state index in [1.807, 2.05) is 54.6 Å². The van der Waals surface area contributed by atoms with E-state index in [1.165, 1.54) is 11.8 Å². The Labute approximate surface area is 142 Å². The molecular weight excluding hydrogens is 304 g/mol. The summed E-state index contributed by atoms with van der Waals surface area (Å²) in [5.41, 5.74) is 1.89. The van der Waals surface area contributed by atoms with Gasteiger partial charge in [-0.25, -0.2) is 0 Å². The molecular formula is C19H22N2O3. The number of para-hydroxylation sites is 1. The molecule has 2 rings (SSSR count). The molecule has 0 aromatic heterocycles. The number of carbonyl (C=O) groups is 2. The minimum absolute atomic E-state index is 0.0141. The van der Waals surface area contributed by atoms with Crippen LogP contribution in [0.4, 0.5) is 0 Å². The Hall–Kier alpha value is -2.82. The van der Waals surface area contributed by atoms with Crippen molar-refractivity contribution in [3.05, 3.63) is 65.7 Å². The molecule has 126 valence electrons. The summed E-state index contributed by atoms with van der Waals surface area (Å²) in [6.45, 7) is 2.25. The molecule has 2 aromatic rings. The van der Waals surface area contributed by atoms with Gasteiger partial charge in [0, 0.05) is 25.6 Å². The maximum absolute atomic E-state index is 12.1. The van der Waals surface area contributed by atoms with Crippen molar-refractivity contribution < 1.29 is 14.3 Å². The molecule has 0 aliphatic carbocycles. The fourth-order valence-electron chi connectivity index (χ4n) is 2.34. The van der Waals surface area contributed by atoms with Crippen molar-refractivity contribution >= 4 is 11.8 Å². The number of carbonyl (C=O) groups excluding carboxylic acids is 2. The van der Waals surface area contributed by atoms with Gasteiger partial charge in [0.25, 0.3) is 0 Å². The van der Waals surface area contributed by atoms with Crippen LogP contribution in [-0.2, 0) is 22.7 Å². The Morgan fingerprint density at radius 3 is 2.38 bits per heavy atom. The summed E-state index contributed by atoms with van der Waals surface area (Å²) in [7, 11) is 1.59. The van der Waals surface area contributed by atoms with Gasteiger partial charge in [-0.1, -0.05) is 48.5 Å². The zero-order valence-corrected chi connectivity index (χ0v) is 14.0. The van der Waals surface area contributed by atoms with Crippen molar-refractivity contribution in [3.8, 4) is 5.75 Å². The van der Waals surface area contributed by atoms with Gasteiger partial charge in [0.2, 0.25) is 11.8 Å². The standard InChI is InChI=1S/C19H22N2O3/c1-15(22)21(13-17-10-6-7-11-18(17)24-2)14-19(23)20-12-16-8-4-3-5-9-16/h3-11H,12-14H2,1-2H3,(H,20,23). The highest BCUT2D eigenvalue weighted by Gasteiger charge is 2.15. The molecule has 0 radical (unpaired) electrons. The molecule has 0 atom stereocenters. The number of hydrogen-bond acceptors (Lipinski definition) is 3. The number of rotatable bonds is 7. The van der Waals surface area contributed by atoms with Crippen LogP contribution in [0.15, 0.2) is 54.6 Å². The van der Waals surface area contributed by atoms with E-state index < -0.39 is 0 Å². The number of amides is 2. The van der Waals surface area contributed by atoms with Gasteiger partial charge in [0.15, 0.2) is 0 Å². The summed E-state index contributed by atoms with van der Waals surface area (Å²) in [6.07, 6.45) is 0. The normalized spacial score (nSPS) is 10.1. The zero-order chi connectivity index (χ0) is 17.4. The molecule has 0 fully saturated rings. The minimum atomic E-state index is -0.191. The molecule has 5 heteroatoms. The smallest absolute Gasteiger partial charge is 0.239 e. The summed E-state index contributed by atoms with van der Waals surface area (Å²) < 4.78 is 5.30. The van der Waals surface area contributed by atoms with E-state index in [-0.39, 0.29) is 18.4 Å². The Kier molecular flexibility index (Phi) is 6.37. The average Bonchev–Trinajstić information content (AvgIpc) is 2.60. The van der Waals surface area contributed by atoms with Crippen LogP contribution < -0.4 is 10.1 Å². The van der Waals surface area contributed by atoms with Crippen LogP contribution >= 0.6 is 0 Å². The van der Waals surface area contributed by atoms with Gasteiger partial charge in [0.05, 0.1) is 13.7 Å². The van der Waals surface area contributed by atoms with Crippen LogP contribution in [0.1, 0.15) is 18.1 Å². The van der Waals surface area contributed by atoms with E-state index in [0.717, 1.165) is 11.1 Å². The highest BCUT2D eigenvalue weighted by molar-refractivity contribution is 5.83. The van der Waals surface area contributed by atoms with Crippen molar-refractivity contribution in [2.75, 3.05) is 13.7 Å². The van der Waals surface area contributed by atoms with E-state index in [0.29, 0.717) is 18.8 Å². The number of ether oxygens (including phenoxy) is 1. The molecule has 0 saturated heterocycles. The topological polar surface area (TPSA) is 58.6 Å². The van der Waals surface area contributed by atoms with Crippen LogP contribution in [0.2, 0.25) is 0 Å². The summed E-state index contributed by atoms with van der Waals surface area (Å²) in [6, 6.07) is 17.1. The van der Waals surface area contributed by atoms with Crippen molar-refractivity contribution in [1.29, 1.82) is 0 Å². The lowest BCUT2D eigenvalue weighted by molar-refractivity contribution is -0.135. The molecule has 0 heterocycles. The van der Waals surface area contributed by atoms with E-state index in [9.17, 15) is 9.59 Å². The Balaban J connectivity index is 1.95. The third kappa shape index (κ3) is 5.12. The first-order valence-corrected chi connectivity index (χ1v) is 7.78. The molecule has 0 aliphatic heterocycles. The second kappa shape index (κ2) is 8.72. The summed E-state index contributed by atoms with van der Waals surface area (Å²) in [4.78, 5) is 25.5. The Bertz CT molecular complexity index is 686. The second-order valence-corrected chi connectivity index (χ2v) is 5.45. The maximum atomic E-state index is 12.1. The molecule has 0 bridgehead atoms. The highest BCUT2D eigenvalue weighted by atomic mass is 16.5. The summed E-state index contributed by atoms with van der Waals surface area (Å²) in [5.74, 6) is 0.355. The van der Waals surface area contributed by atoms with Gasteiger partial charge in [-0.15, -0.1) is 0 Å². The molecule has 2 aromatic carbocycles. The van der Waals surface area contributed by atoms with Gasteiger partial charge >= 0.3 is 0 Å². The third-order valence-corrected chi connectivity index (χ3v) is 3.67. The molecule has 0 unspecified atom stereocenters. The monoisotopic (exact) mass is 326 g/mol. The summed E-state index contributed by atoms with van der Waals surface area (Å²) in [5, 5.41) is 2.83. The quantitative estimate of drug-likeness (QED) is 0.850. The van der Waals surface area contributed by atoms with E-state index in [4.69, 9.17) is 4.74 Å². The largest absolute Gasteiger partial charge is 0.496 e. The molecule has 0 saturated carbocycles. The number of benzene rings is 2. The number of nitrogens with one attached hydrogen (secondary N) is 1. The average molecular weight is 326 g/mol. The zero-order valence-electron chi connectivity index (χ0n) is 14.0. The highest BCUT2D eigenvalue weighted by Crippen LogP contribution is 2.19. The number of hydrogen-bond donors (Lipinski definition) is 1.